The SMILES string of the molecule is Cc1ccc(CNC(=O)NC[C@@H]([C@@H]2CCOC2)N2CCOCC2)cn1. The van der Waals surface area contributed by atoms with Crippen LogP contribution < -0.4 is 10.6 Å². The lowest BCUT2D eigenvalue weighted by Crippen LogP contribution is -2.53. The van der Waals surface area contributed by atoms with Crippen LogP contribution >= 0.6 is 0 Å². The first-order valence-electron chi connectivity index (χ1n) is 9.05. The first-order chi connectivity index (χ1) is 12.2. The molecule has 0 aromatic carbocycles. The molecule has 7 heteroatoms. The number of hydrogen-bond donors (Lipinski definition) is 2. The fourth-order valence-electron chi connectivity index (χ4n) is 3.40. The molecule has 25 heavy (non-hydrogen) atoms. The zero-order chi connectivity index (χ0) is 17.5. The Morgan fingerprint density at radius 3 is 2.80 bits per heavy atom. The number of aryl methyl sites for hydroxylation is 1. The van der Waals surface area contributed by atoms with Gasteiger partial charge in [-0.3, -0.25) is 9.88 Å². The summed E-state index contributed by atoms with van der Waals surface area (Å²) in [7, 11) is 0. The minimum Gasteiger partial charge on any atom is -0.381 e. The van der Waals surface area contributed by atoms with E-state index in [0.717, 1.165) is 57.2 Å². The average molecular weight is 348 g/mol. The summed E-state index contributed by atoms with van der Waals surface area (Å²) in [5, 5.41) is 5.93. The number of morpholine rings is 1. The van der Waals surface area contributed by atoms with Crippen LogP contribution in [0.1, 0.15) is 17.7 Å². The number of rotatable bonds is 6. The zero-order valence-corrected chi connectivity index (χ0v) is 14.9. The summed E-state index contributed by atoms with van der Waals surface area (Å²) < 4.78 is 11.0. The van der Waals surface area contributed by atoms with Crippen molar-refractivity contribution in [3.05, 3.63) is 29.6 Å². The van der Waals surface area contributed by atoms with E-state index in [9.17, 15) is 4.79 Å². The summed E-state index contributed by atoms with van der Waals surface area (Å²) in [6.07, 6.45) is 2.85. The first-order valence-corrected chi connectivity index (χ1v) is 9.05. The lowest BCUT2D eigenvalue weighted by Gasteiger charge is -2.37. The van der Waals surface area contributed by atoms with E-state index in [4.69, 9.17) is 9.47 Å². The number of aromatic nitrogens is 1. The van der Waals surface area contributed by atoms with Gasteiger partial charge in [0.25, 0.3) is 0 Å². The molecule has 7 nitrogen and oxygen atoms in total. The Morgan fingerprint density at radius 2 is 2.12 bits per heavy atom. The van der Waals surface area contributed by atoms with Crippen LogP contribution in [0.4, 0.5) is 4.79 Å². The summed E-state index contributed by atoms with van der Waals surface area (Å²) in [5.41, 5.74) is 1.97. The molecule has 2 aliphatic rings. The summed E-state index contributed by atoms with van der Waals surface area (Å²) in [4.78, 5) is 18.8. The number of amides is 2. The second kappa shape index (κ2) is 9.12. The second-order valence-corrected chi connectivity index (χ2v) is 6.71. The van der Waals surface area contributed by atoms with Crippen LogP contribution in [-0.4, -0.2) is 68.0 Å². The Hall–Kier alpha value is -1.70. The number of carbonyl (C=O) groups excluding carboxylic acids is 1. The highest BCUT2D eigenvalue weighted by Crippen LogP contribution is 2.21. The minimum atomic E-state index is -0.141. The topological polar surface area (TPSA) is 75.7 Å². The molecule has 1 aromatic heterocycles. The van der Waals surface area contributed by atoms with Gasteiger partial charge in [0.1, 0.15) is 0 Å². The average Bonchev–Trinajstić information content (AvgIpc) is 3.17. The third-order valence-electron chi connectivity index (χ3n) is 4.92. The van der Waals surface area contributed by atoms with Crippen LogP contribution in [0.25, 0.3) is 0 Å². The van der Waals surface area contributed by atoms with Gasteiger partial charge < -0.3 is 20.1 Å². The molecule has 2 fully saturated rings. The largest absolute Gasteiger partial charge is 0.381 e. The van der Waals surface area contributed by atoms with Gasteiger partial charge in [-0.2, -0.15) is 0 Å². The number of nitrogens with zero attached hydrogens (tertiary/aromatic N) is 2. The summed E-state index contributed by atoms with van der Waals surface area (Å²) >= 11 is 0. The molecular weight excluding hydrogens is 320 g/mol. The van der Waals surface area contributed by atoms with Crippen LogP contribution in [0.15, 0.2) is 18.3 Å². The van der Waals surface area contributed by atoms with Crippen molar-refractivity contribution in [2.24, 2.45) is 5.92 Å². The van der Waals surface area contributed by atoms with Crippen molar-refractivity contribution < 1.29 is 14.3 Å². The standard InChI is InChI=1S/C18H28N4O3/c1-14-2-3-15(10-19-14)11-20-18(23)21-12-17(16-4-7-25-13-16)22-5-8-24-9-6-22/h2-3,10,16-17H,4-9,11-13H2,1H3,(H2,20,21,23)/t16-,17+/m1/s1. The molecule has 0 aliphatic carbocycles. The Morgan fingerprint density at radius 1 is 1.28 bits per heavy atom. The van der Waals surface area contributed by atoms with E-state index in [0.29, 0.717) is 25.0 Å². The second-order valence-electron chi connectivity index (χ2n) is 6.71. The Kier molecular flexibility index (Phi) is 6.61. The minimum absolute atomic E-state index is 0.141. The van der Waals surface area contributed by atoms with E-state index in [1.807, 2.05) is 19.1 Å². The van der Waals surface area contributed by atoms with E-state index in [2.05, 4.69) is 20.5 Å². The highest BCUT2D eigenvalue weighted by atomic mass is 16.5. The van der Waals surface area contributed by atoms with Crippen molar-refractivity contribution in [3.8, 4) is 0 Å². The molecule has 138 valence electrons. The van der Waals surface area contributed by atoms with Crippen molar-refractivity contribution in [1.29, 1.82) is 0 Å². The first kappa shape index (κ1) is 18.1. The number of hydrogen-bond acceptors (Lipinski definition) is 5. The van der Waals surface area contributed by atoms with Gasteiger partial charge in [0.2, 0.25) is 0 Å². The van der Waals surface area contributed by atoms with Crippen LogP contribution in [0, 0.1) is 12.8 Å². The zero-order valence-electron chi connectivity index (χ0n) is 14.9. The summed E-state index contributed by atoms with van der Waals surface area (Å²) in [5.74, 6) is 0.472. The van der Waals surface area contributed by atoms with Gasteiger partial charge in [-0.05, 0) is 25.0 Å². The van der Waals surface area contributed by atoms with E-state index in [1.165, 1.54) is 0 Å². The van der Waals surface area contributed by atoms with E-state index in [-0.39, 0.29) is 6.03 Å². The van der Waals surface area contributed by atoms with Crippen LogP contribution in [0.5, 0.6) is 0 Å². The molecule has 2 amide bonds. The molecule has 1 aromatic rings. The van der Waals surface area contributed by atoms with Gasteiger partial charge in [0.05, 0.1) is 19.8 Å². The van der Waals surface area contributed by atoms with Crippen molar-refractivity contribution >= 4 is 6.03 Å². The molecule has 0 unspecified atom stereocenters. The van der Waals surface area contributed by atoms with Crippen LogP contribution in [-0.2, 0) is 16.0 Å². The normalized spacial score (nSPS) is 22.5. The maximum absolute atomic E-state index is 12.2. The fourth-order valence-corrected chi connectivity index (χ4v) is 3.40. The molecule has 0 radical (unpaired) electrons. The van der Waals surface area contributed by atoms with Gasteiger partial charge in [0, 0.05) is 56.6 Å². The van der Waals surface area contributed by atoms with Crippen molar-refractivity contribution in [2.45, 2.75) is 25.9 Å². The maximum Gasteiger partial charge on any atom is 0.315 e. The third kappa shape index (κ3) is 5.39. The molecule has 0 saturated carbocycles. The van der Waals surface area contributed by atoms with Crippen LogP contribution in [0.3, 0.4) is 0 Å². The Labute approximate surface area is 149 Å². The van der Waals surface area contributed by atoms with Crippen molar-refractivity contribution in [3.63, 3.8) is 0 Å². The van der Waals surface area contributed by atoms with Crippen LogP contribution in [0.2, 0.25) is 0 Å². The molecule has 2 N–H and O–H groups in total. The maximum atomic E-state index is 12.2. The Bertz CT molecular complexity index is 540. The Balaban J connectivity index is 1.47. The molecular formula is C18H28N4O3. The number of ether oxygens (including phenoxy) is 2. The predicted molar refractivity (Wildman–Crippen MR) is 94.3 cm³/mol. The van der Waals surface area contributed by atoms with Gasteiger partial charge in [-0.1, -0.05) is 6.07 Å². The highest BCUT2D eigenvalue weighted by Gasteiger charge is 2.31. The van der Waals surface area contributed by atoms with E-state index in [1.54, 1.807) is 6.20 Å². The number of pyridine rings is 1. The number of nitrogens with one attached hydrogen (secondary N) is 2. The summed E-state index contributed by atoms with van der Waals surface area (Å²) in [6, 6.07) is 4.09. The lowest BCUT2D eigenvalue weighted by molar-refractivity contribution is 0.00212. The summed E-state index contributed by atoms with van der Waals surface area (Å²) in [6.45, 7) is 8.01. The molecule has 3 heterocycles. The van der Waals surface area contributed by atoms with Crippen molar-refractivity contribution in [2.75, 3.05) is 46.1 Å². The van der Waals surface area contributed by atoms with E-state index >= 15 is 0 Å². The van der Waals surface area contributed by atoms with Gasteiger partial charge in [0.15, 0.2) is 0 Å². The smallest absolute Gasteiger partial charge is 0.315 e. The lowest BCUT2D eigenvalue weighted by atomic mass is 9.97. The van der Waals surface area contributed by atoms with E-state index < -0.39 is 0 Å². The predicted octanol–water partition coefficient (Wildman–Crippen LogP) is 0.927. The van der Waals surface area contributed by atoms with Crippen molar-refractivity contribution in [1.82, 2.24) is 20.5 Å². The molecule has 2 aliphatic heterocycles. The van der Waals surface area contributed by atoms with Gasteiger partial charge in [-0.15, -0.1) is 0 Å². The molecule has 0 spiro atoms. The molecule has 0 bridgehead atoms. The van der Waals surface area contributed by atoms with Gasteiger partial charge in [-0.25, -0.2) is 4.79 Å². The van der Waals surface area contributed by atoms with Gasteiger partial charge >= 0.3 is 6.03 Å². The molecule has 2 atom stereocenters. The number of urea groups is 1. The third-order valence-corrected chi connectivity index (χ3v) is 4.92. The monoisotopic (exact) mass is 348 g/mol. The quantitative estimate of drug-likeness (QED) is 0.800. The highest BCUT2D eigenvalue weighted by molar-refractivity contribution is 5.73. The molecule has 3 rings (SSSR count). The molecule has 2 saturated heterocycles. The number of carbonyl (C=O) groups is 1. The fraction of sp³-hybridized carbons (Fsp3) is 0.667.